The second-order valence-electron chi connectivity index (χ2n) is 8.00. The highest BCUT2D eigenvalue weighted by Gasteiger charge is 2.32. The average molecular weight is 347 g/mol. The van der Waals surface area contributed by atoms with E-state index in [1.807, 2.05) is 12.1 Å². The lowest BCUT2D eigenvalue weighted by Gasteiger charge is -2.34. The third-order valence-electron chi connectivity index (χ3n) is 5.17. The van der Waals surface area contributed by atoms with Crippen LogP contribution in [0, 0.1) is 11.8 Å². The quantitative estimate of drug-likeness (QED) is 0.806. The summed E-state index contributed by atoms with van der Waals surface area (Å²) in [5.41, 5.74) is 1.11. The summed E-state index contributed by atoms with van der Waals surface area (Å²) in [5, 5.41) is 3.15. The van der Waals surface area contributed by atoms with E-state index in [9.17, 15) is 4.79 Å². The molecule has 25 heavy (non-hydrogen) atoms. The van der Waals surface area contributed by atoms with Crippen molar-refractivity contribution in [3.63, 3.8) is 0 Å². The molecule has 1 saturated heterocycles. The number of nitrogens with one attached hydrogen (secondary N) is 1. The molecule has 0 radical (unpaired) electrons. The van der Waals surface area contributed by atoms with Crippen LogP contribution in [0.3, 0.4) is 0 Å². The van der Waals surface area contributed by atoms with Crippen LogP contribution in [-0.2, 0) is 9.53 Å². The SMILES string of the molecule is COc1ccc([C@H](CCNC(=O)[C@H]2CCOC(C)(C)C2)C(C)C)cc1. The van der Waals surface area contributed by atoms with Crippen molar-refractivity contribution in [2.75, 3.05) is 20.3 Å². The van der Waals surface area contributed by atoms with E-state index in [1.165, 1.54) is 5.56 Å². The molecule has 1 aliphatic heterocycles. The molecule has 1 heterocycles. The van der Waals surface area contributed by atoms with Gasteiger partial charge < -0.3 is 14.8 Å². The molecular weight excluding hydrogens is 314 g/mol. The fourth-order valence-corrected chi connectivity index (χ4v) is 3.69. The van der Waals surface area contributed by atoms with Crippen LogP contribution in [0.25, 0.3) is 0 Å². The molecule has 1 aromatic rings. The van der Waals surface area contributed by atoms with Crippen molar-refractivity contribution in [2.24, 2.45) is 11.8 Å². The smallest absolute Gasteiger partial charge is 0.223 e. The van der Waals surface area contributed by atoms with E-state index in [0.29, 0.717) is 25.0 Å². The van der Waals surface area contributed by atoms with E-state index in [4.69, 9.17) is 9.47 Å². The summed E-state index contributed by atoms with van der Waals surface area (Å²) >= 11 is 0. The molecular formula is C21H33NO3. The molecule has 140 valence electrons. The molecule has 4 nitrogen and oxygen atoms in total. The number of benzene rings is 1. The summed E-state index contributed by atoms with van der Waals surface area (Å²) in [6.07, 6.45) is 2.56. The number of hydrogen-bond donors (Lipinski definition) is 1. The van der Waals surface area contributed by atoms with Gasteiger partial charge in [0.2, 0.25) is 5.91 Å². The molecule has 0 aliphatic carbocycles. The van der Waals surface area contributed by atoms with Gasteiger partial charge in [0.1, 0.15) is 5.75 Å². The molecule has 2 rings (SSSR count). The van der Waals surface area contributed by atoms with E-state index in [2.05, 4.69) is 45.1 Å². The largest absolute Gasteiger partial charge is 0.497 e. The Morgan fingerprint density at radius 3 is 2.56 bits per heavy atom. The standard InChI is InChI=1S/C21H33NO3/c1-15(2)19(16-6-8-18(24-5)9-7-16)10-12-22-20(23)17-11-13-25-21(3,4)14-17/h6-9,15,17,19H,10-14H2,1-5H3,(H,22,23)/t17-,19+/m0/s1. The first-order valence-corrected chi connectivity index (χ1v) is 9.38. The van der Waals surface area contributed by atoms with Gasteiger partial charge in [-0.05, 0) is 62.6 Å². The van der Waals surface area contributed by atoms with Gasteiger partial charge in [-0.3, -0.25) is 4.79 Å². The lowest BCUT2D eigenvalue weighted by atomic mass is 9.85. The van der Waals surface area contributed by atoms with Gasteiger partial charge in [0.05, 0.1) is 12.7 Å². The second kappa shape index (κ2) is 8.70. The molecule has 1 amide bonds. The molecule has 0 bridgehead atoms. The fraction of sp³-hybridized carbons (Fsp3) is 0.667. The van der Waals surface area contributed by atoms with Crippen LogP contribution >= 0.6 is 0 Å². The van der Waals surface area contributed by atoms with Crippen molar-refractivity contribution in [3.8, 4) is 5.75 Å². The predicted octanol–water partition coefficient (Wildman–Crippen LogP) is 4.15. The highest BCUT2D eigenvalue weighted by Crippen LogP contribution is 2.30. The van der Waals surface area contributed by atoms with Crippen molar-refractivity contribution in [3.05, 3.63) is 29.8 Å². The second-order valence-corrected chi connectivity index (χ2v) is 8.00. The van der Waals surface area contributed by atoms with Gasteiger partial charge in [-0.25, -0.2) is 0 Å². The summed E-state index contributed by atoms with van der Waals surface area (Å²) in [7, 11) is 1.68. The van der Waals surface area contributed by atoms with Crippen LogP contribution < -0.4 is 10.1 Å². The number of hydrogen-bond acceptors (Lipinski definition) is 3. The molecule has 1 aliphatic rings. The third kappa shape index (κ3) is 5.74. The third-order valence-corrected chi connectivity index (χ3v) is 5.17. The Morgan fingerprint density at radius 1 is 1.32 bits per heavy atom. The topological polar surface area (TPSA) is 47.6 Å². The number of ether oxygens (including phenoxy) is 2. The number of rotatable bonds is 7. The average Bonchev–Trinajstić information content (AvgIpc) is 2.57. The monoisotopic (exact) mass is 347 g/mol. The summed E-state index contributed by atoms with van der Waals surface area (Å²) in [5.74, 6) is 2.07. The Balaban J connectivity index is 1.87. The summed E-state index contributed by atoms with van der Waals surface area (Å²) < 4.78 is 10.9. The number of methoxy groups -OCH3 is 1. The summed E-state index contributed by atoms with van der Waals surface area (Å²) in [4.78, 5) is 12.5. The Kier molecular flexibility index (Phi) is 6.88. The van der Waals surface area contributed by atoms with Gasteiger partial charge >= 0.3 is 0 Å². The first kappa shape index (κ1) is 19.8. The van der Waals surface area contributed by atoms with Crippen LogP contribution in [0.4, 0.5) is 0 Å². The van der Waals surface area contributed by atoms with Crippen LogP contribution in [0.15, 0.2) is 24.3 Å². The maximum Gasteiger partial charge on any atom is 0.223 e. The van der Waals surface area contributed by atoms with Crippen molar-refractivity contribution < 1.29 is 14.3 Å². The van der Waals surface area contributed by atoms with E-state index < -0.39 is 0 Å². The van der Waals surface area contributed by atoms with Crippen molar-refractivity contribution in [1.82, 2.24) is 5.32 Å². The van der Waals surface area contributed by atoms with Crippen LogP contribution in [-0.4, -0.2) is 31.8 Å². The van der Waals surface area contributed by atoms with E-state index >= 15 is 0 Å². The Hall–Kier alpha value is -1.55. The Bertz CT molecular complexity index is 551. The molecule has 0 aromatic heterocycles. The molecule has 1 aromatic carbocycles. The van der Waals surface area contributed by atoms with Gasteiger partial charge in [0, 0.05) is 19.1 Å². The molecule has 0 spiro atoms. The lowest BCUT2D eigenvalue weighted by Crippen LogP contribution is -2.41. The molecule has 0 unspecified atom stereocenters. The molecule has 4 heteroatoms. The zero-order chi connectivity index (χ0) is 18.4. The van der Waals surface area contributed by atoms with Crippen LogP contribution in [0.5, 0.6) is 5.75 Å². The first-order chi connectivity index (χ1) is 11.8. The van der Waals surface area contributed by atoms with Gasteiger partial charge in [-0.2, -0.15) is 0 Å². The van der Waals surface area contributed by atoms with Gasteiger partial charge in [0.15, 0.2) is 0 Å². The first-order valence-electron chi connectivity index (χ1n) is 9.38. The minimum absolute atomic E-state index is 0.0715. The van der Waals surface area contributed by atoms with Gasteiger partial charge in [-0.1, -0.05) is 26.0 Å². The molecule has 0 saturated carbocycles. The Morgan fingerprint density at radius 2 is 2.00 bits per heavy atom. The highest BCUT2D eigenvalue weighted by molar-refractivity contribution is 5.78. The van der Waals surface area contributed by atoms with Crippen LogP contribution in [0.1, 0.15) is 58.4 Å². The zero-order valence-electron chi connectivity index (χ0n) is 16.3. The Labute approximate surface area is 152 Å². The molecule has 1 fully saturated rings. The molecule has 2 atom stereocenters. The van der Waals surface area contributed by atoms with E-state index in [-0.39, 0.29) is 17.4 Å². The predicted molar refractivity (Wildman–Crippen MR) is 101 cm³/mol. The zero-order valence-corrected chi connectivity index (χ0v) is 16.3. The normalized spacial score (nSPS) is 21.0. The van der Waals surface area contributed by atoms with Crippen LogP contribution in [0.2, 0.25) is 0 Å². The number of carbonyl (C=O) groups is 1. The van der Waals surface area contributed by atoms with E-state index in [1.54, 1.807) is 7.11 Å². The maximum absolute atomic E-state index is 12.5. The number of carbonyl (C=O) groups excluding carboxylic acids is 1. The van der Waals surface area contributed by atoms with Crippen molar-refractivity contribution >= 4 is 5.91 Å². The van der Waals surface area contributed by atoms with Crippen molar-refractivity contribution in [1.29, 1.82) is 0 Å². The summed E-state index contributed by atoms with van der Waals surface area (Å²) in [6.45, 7) is 9.97. The minimum atomic E-state index is -0.191. The molecule has 1 N–H and O–H groups in total. The van der Waals surface area contributed by atoms with Gasteiger partial charge in [0.25, 0.3) is 0 Å². The minimum Gasteiger partial charge on any atom is -0.497 e. The summed E-state index contributed by atoms with van der Waals surface area (Å²) in [6, 6.07) is 8.28. The van der Waals surface area contributed by atoms with Crippen molar-refractivity contribution in [2.45, 2.75) is 58.5 Å². The highest BCUT2D eigenvalue weighted by atomic mass is 16.5. The van der Waals surface area contributed by atoms with E-state index in [0.717, 1.165) is 25.0 Å². The lowest BCUT2D eigenvalue weighted by molar-refractivity contribution is -0.135. The number of amides is 1. The fourth-order valence-electron chi connectivity index (χ4n) is 3.69. The maximum atomic E-state index is 12.5. The van der Waals surface area contributed by atoms with Gasteiger partial charge in [-0.15, -0.1) is 0 Å².